The van der Waals surface area contributed by atoms with Crippen molar-refractivity contribution >= 4 is 16.5 Å². The van der Waals surface area contributed by atoms with E-state index in [1.54, 1.807) is 24.3 Å². The average Bonchev–Trinajstić information content (AvgIpc) is 2.62. The Kier molecular flexibility index (Phi) is 4.30. The molecule has 0 spiro atoms. The maximum atomic E-state index is 13.0. The van der Waals surface area contributed by atoms with Crippen LogP contribution in [0.1, 0.15) is 0 Å². The molecule has 0 aliphatic rings. The van der Waals surface area contributed by atoms with Gasteiger partial charge in [-0.15, -0.1) is 0 Å². The molecule has 0 aliphatic carbocycles. The molecular weight excluding hydrogens is 310 g/mol. The molecule has 0 saturated heterocycles. The maximum absolute atomic E-state index is 13.0. The third kappa shape index (κ3) is 3.05. The van der Waals surface area contributed by atoms with Gasteiger partial charge in [-0.2, -0.15) is 0 Å². The summed E-state index contributed by atoms with van der Waals surface area (Å²) in [5.74, 6) is 0. The number of para-hydroxylation sites is 1. The summed E-state index contributed by atoms with van der Waals surface area (Å²) < 4.78 is 13.0. The van der Waals surface area contributed by atoms with Crippen LogP contribution in [0.4, 0.5) is 5.69 Å². The zero-order valence-electron chi connectivity index (χ0n) is 12.1. The first-order valence-electron chi connectivity index (χ1n) is 6.98. The van der Waals surface area contributed by atoms with Crippen LogP contribution in [0.5, 0.6) is 0 Å². The van der Waals surface area contributed by atoms with E-state index in [4.69, 9.17) is 0 Å². The van der Waals surface area contributed by atoms with Crippen LogP contribution in [0, 0.1) is 10.1 Å². The van der Waals surface area contributed by atoms with Crippen LogP contribution in [-0.2, 0) is 10.8 Å². The Labute approximate surface area is 136 Å². The fraction of sp³-hybridized carbons (Fsp3) is 0. The minimum Gasteiger partial charge on any atom is -0.258 e. The summed E-state index contributed by atoms with van der Waals surface area (Å²) in [6.07, 6.45) is 0. The fourth-order valence-corrected chi connectivity index (χ4v) is 3.73. The highest BCUT2D eigenvalue weighted by Crippen LogP contribution is 2.32. The van der Waals surface area contributed by atoms with Crippen molar-refractivity contribution in [2.45, 2.75) is 9.79 Å². The van der Waals surface area contributed by atoms with E-state index >= 15 is 0 Å². The lowest BCUT2D eigenvalue weighted by molar-refractivity contribution is -0.387. The van der Waals surface area contributed by atoms with E-state index < -0.39 is 15.7 Å². The van der Waals surface area contributed by atoms with E-state index in [2.05, 4.69) is 0 Å². The molecule has 1 atom stereocenters. The second kappa shape index (κ2) is 6.54. The van der Waals surface area contributed by atoms with E-state index in [1.165, 1.54) is 12.1 Å². The number of hydrogen-bond acceptors (Lipinski definition) is 3. The molecule has 3 aromatic rings. The lowest BCUT2D eigenvalue weighted by Gasteiger charge is -2.10. The summed E-state index contributed by atoms with van der Waals surface area (Å²) in [7, 11) is -1.63. The third-order valence-corrected chi connectivity index (χ3v) is 4.93. The highest BCUT2D eigenvalue weighted by atomic mass is 32.2. The van der Waals surface area contributed by atoms with Gasteiger partial charge in [0.1, 0.15) is 4.90 Å². The minimum atomic E-state index is -1.63. The molecule has 5 heteroatoms. The van der Waals surface area contributed by atoms with Crippen LogP contribution in [0.3, 0.4) is 0 Å². The van der Waals surface area contributed by atoms with Gasteiger partial charge in [0, 0.05) is 6.07 Å². The molecule has 4 nitrogen and oxygen atoms in total. The minimum absolute atomic E-state index is 0.131. The Morgan fingerprint density at radius 2 is 1.30 bits per heavy atom. The van der Waals surface area contributed by atoms with E-state index in [9.17, 15) is 14.3 Å². The summed E-state index contributed by atoms with van der Waals surface area (Å²) >= 11 is 0. The van der Waals surface area contributed by atoms with Gasteiger partial charge in [0.05, 0.1) is 20.6 Å². The summed E-state index contributed by atoms with van der Waals surface area (Å²) in [6, 6.07) is 23.0. The molecule has 3 rings (SSSR count). The van der Waals surface area contributed by atoms with Crippen molar-refractivity contribution in [2.75, 3.05) is 0 Å². The Morgan fingerprint density at radius 3 is 2.00 bits per heavy atom. The van der Waals surface area contributed by atoms with Crippen molar-refractivity contribution in [3.63, 3.8) is 0 Å². The smallest absolute Gasteiger partial charge is 0.258 e. The van der Waals surface area contributed by atoms with Crippen molar-refractivity contribution < 1.29 is 9.13 Å². The second-order valence-electron chi connectivity index (χ2n) is 4.86. The zero-order valence-corrected chi connectivity index (χ0v) is 12.9. The van der Waals surface area contributed by atoms with Crippen molar-refractivity contribution in [3.05, 3.63) is 89.0 Å². The Bertz CT molecular complexity index is 878. The molecule has 0 saturated carbocycles. The van der Waals surface area contributed by atoms with Crippen LogP contribution in [0.2, 0.25) is 0 Å². The quantitative estimate of drug-likeness (QED) is 0.527. The van der Waals surface area contributed by atoms with Crippen molar-refractivity contribution in [1.82, 2.24) is 0 Å². The average molecular weight is 323 g/mol. The molecule has 0 amide bonds. The largest absolute Gasteiger partial charge is 0.285 e. The molecule has 114 valence electrons. The SMILES string of the molecule is O=[N+]([O-])c1ccccc1S(=O)c1ccccc1-c1ccccc1. The molecule has 0 bridgehead atoms. The molecule has 1 unspecified atom stereocenters. The van der Waals surface area contributed by atoms with Crippen LogP contribution in [0.25, 0.3) is 11.1 Å². The molecule has 0 fully saturated rings. The number of nitrogens with zero attached hydrogens (tertiary/aromatic N) is 1. The highest BCUT2D eigenvalue weighted by Gasteiger charge is 2.21. The molecule has 0 heterocycles. The number of nitro benzene ring substituents is 1. The molecule has 0 N–H and O–H groups in total. The number of benzene rings is 3. The van der Waals surface area contributed by atoms with Crippen LogP contribution >= 0.6 is 0 Å². The summed E-state index contributed by atoms with van der Waals surface area (Å²) in [5.41, 5.74) is 1.60. The Balaban J connectivity index is 2.14. The van der Waals surface area contributed by atoms with Gasteiger partial charge in [-0.25, -0.2) is 4.21 Å². The van der Waals surface area contributed by atoms with Crippen molar-refractivity contribution in [2.24, 2.45) is 0 Å². The zero-order chi connectivity index (χ0) is 16.2. The van der Waals surface area contributed by atoms with Gasteiger partial charge < -0.3 is 0 Å². The van der Waals surface area contributed by atoms with Gasteiger partial charge in [-0.1, -0.05) is 60.7 Å². The molecule has 0 radical (unpaired) electrons. The topological polar surface area (TPSA) is 60.2 Å². The summed E-state index contributed by atoms with van der Waals surface area (Å²) in [6.45, 7) is 0. The Morgan fingerprint density at radius 1 is 0.739 bits per heavy atom. The predicted octanol–water partition coefficient (Wildman–Crippen LogP) is 4.43. The van der Waals surface area contributed by atoms with Crippen molar-refractivity contribution in [3.8, 4) is 11.1 Å². The predicted molar refractivity (Wildman–Crippen MR) is 89.6 cm³/mol. The third-order valence-electron chi connectivity index (χ3n) is 3.43. The van der Waals surface area contributed by atoms with Gasteiger partial charge in [0.25, 0.3) is 5.69 Å². The van der Waals surface area contributed by atoms with E-state index in [-0.39, 0.29) is 10.6 Å². The lowest BCUT2D eigenvalue weighted by Crippen LogP contribution is -2.00. The first kappa shape index (κ1) is 15.1. The number of hydrogen-bond donors (Lipinski definition) is 0. The van der Waals surface area contributed by atoms with Crippen LogP contribution in [-0.4, -0.2) is 9.13 Å². The van der Waals surface area contributed by atoms with Gasteiger partial charge in [0.2, 0.25) is 0 Å². The monoisotopic (exact) mass is 323 g/mol. The number of nitro groups is 1. The molecule has 3 aromatic carbocycles. The normalized spacial score (nSPS) is 11.8. The Hall–Kier alpha value is -2.79. The van der Waals surface area contributed by atoms with Crippen LogP contribution < -0.4 is 0 Å². The summed E-state index contributed by atoms with van der Waals surface area (Å²) in [4.78, 5) is 11.5. The van der Waals surface area contributed by atoms with E-state index in [0.717, 1.165) is 11.1 Å². The molecule has 0 aromatic heterocycles. The van der Waals surface area contributed by atoms with E-state index in [1.807, 2.05) is 42.5 Å². The van der Waals surface area contributed by atoms with Gasteiger partial charge >= 0.3 is 0 Å². The fourth-order valence-electron chi connectivity index (χ4n) is 2.37. The van der Waals surface area contributed by atoms with E-state index in [0.29, 0.717) is 4.90 Å². The first-order valence-corrected chi connectivity index (χ1v) is 8.13. The van der Waals surface area contributed by atoms with Crippen LogP contribution in [0.15, 0.2) is 88.7 Å². The first-order chi connectivity index (χ1) is 11.2. The highest BCUT2D eigenvalue weighted by molar-refractivity contribution is 7.85. The second-order valence-corrected chi connectivity index (χ2v) is 6.27. The van der Waals surface area contributed by atoms with Gasteiger partial charge in [-0.3, -0.25) is 10.1 Å². The van der Waals surface area contributed by atoms with Gasteiger partial charge in [0.15, 0.2) is 0 Å². The summed E-state index contributed by atoms with van der Waals surface area (Å²) in [5, 5.41) is 11.2. The standard InChI is InChI=1S/C18H13NO3S/c20-19(21)16-11-5-7-13-18(16)23(22)17-12-6-4-10-15(17)14-8-2-1-3-9-14/h1-13H. The van der Waals surface area contributed by atoms with Gasteiger partial charge in [-0.05, 0) is 23.3 Å². The van der Waals surface area contributed by atoms with Crippen molar-refractivity contribution in [1.29, 1.82) is 0 Å². The number of rotatable bonds is 4. The molecule has 0 aliphatic heterocycles. The lowest BCUT2D eigenvalue weighted by atomic mass is 10.1. The molecule has 23 heavy (non-hydrogen) atoms. The maximum Gasteiger partial charge on any atom is 0.285 e. The molecular formula is C18H13NO3S.